The molecule has 0 aromatic carbocycles. The molecule has 0 radical (unpaired) electrons. The summed E-state index contributed by atoms with van der Waals surface area (Å²) < 4.78 is 45.1. The summed E-state index contributed by atoms with van der Waals surface area (Å²) in [5, 5.41) is 6.71. The minimum Gasteiger partial charge on any atom is -0.467 e. The lowest BCUT2D eigenvalue weighted by Gasteiger charge is -2.32. The first-order valence-electron chi connectivity index (χ1n) is 5.46. The van der Waals surface area contributed by atoms with Gasteiger partial charge in [0.1, 0.15) is 11.6 Å². The first kappa shape index (κ1) is 11.2. The summed E-state index contributed by atoms with van der Waals surface area (Å²) in [6, 6.07) is 2.73. The molecule has 0 saturated carbocycles. The van der Waals surface area contributed by atoms with Gasteiger partial charge in [-0.3, -0.25) is 0 Å². The fourth-order valence-electron chi connectivity index (χ4n) is 2.19. The van der Waals surface area contributed by atoms with Crippen molar-refractivity contribution < 1.29 is 17.6 Å². The molecular formula is C11H10F3N3O. The van der Waals surface area contributed by atoms with Crippen molar-refractivity contribution in [3.05, 3.63) is 36.4 Å². The van der Waals surface area contributed by atoms with E-state index in [1.807, 2.05) is 0 Å². The molecule has 1 N–H and O–H groups in total. The maximum absolute atomic E-state index is 13.0. The Hall–Kier alpha value is -1.92. The average Bonchev–Trinajstić information content (AvgIpc) is 2.97. The van der Waals surface area contributed by atoms with Gasteiger partial charge in [0.15, 0.2) is 6.04 Å². The van der Waals surface area contributed by atoms with Gasteiger partial charge in [0.05, 0.1) is 18.5 Å². The highest BCUT2D eigenvalue weighted by molar-refractivity contribution is 5.39. The SMILES string of the molecule is FC(F)(F)[C@@H]1C[C@H](c2ccco2)Nc2ccnn21. The molecule has 2 aromatic heterocycles. The van der Waals surface area contributed by atoms with E-state index >= 15 is 0 Å². The largest absolute Gasteiger partial charge is 0.467 e. The highest BCUT2D eigenvalue weighted by atomic mass is 19.4. The second-order valence-corrected chi connectivity index (χ2v) is 4.17. The summed E-state index contributed by atoms with van der Waals surface area (Å²) >= 11 is 0. The molecule has 3 heterocycles. The van der Waals surface area contributed by atoms with Gasteiger partial charge in [0.25, 0.3) is 0 Å². The molecule has 0 amide bonds. The van der Waals surface area contributed by atoms with Gasteiger partial charge in [-0.15, -0.1) is 0 Å². The number of rotatable bonds is 1. The molecule has 0 aliphatic carbocycles. The highest BCUT2D eigenvalue weighted by Crippen LogP contribution is 2.43. The van der Waals surface area contributed by atoms with Crippen LogP contribution in [0.15, 0.2) is 35.1 Å². The predicted molar refractivity (Wildman–Crippen MR) is 57.0 cm³/mol. The molecule has 2 aromatic rings. The fraction of sp³-hybridized carbons (Fsp3) is 0.364. The van der Waals surface area contributed by atoms with Crippen LogP contribution in [-0.4, -0.2) is 16.0 Å². The Labute approximate surface area is 100 Å². The zero-order valence-electron chi connectivity index (χ0n) is 9.19. The number of alkyl halides is 3. The summed E-state index contributed by atoms with van der Waals surface area (Å²) in [6.45, 7) is 0. The van der Waals surface area contributed by atoms with Crippen LogP contribution in [0.25, 0.3) is 0 Å². The quantitative estimate of drug-likeness (QED) is 0.853. The van der Waals surface area contributed by atoms with E-state index in [1.54, 1.807) is 12.1 Å². The Morgan fingerprint density at radius 3 is 2.89 bits per heavy atom. The van der Waals surface area contributed by atoms with Gasteiger partial charge in [-0.2, -0.15) is 18.3 Å². The molecule has 0 fully saturated rings. The first-order valence-corrected chi connectivity index (χ1v) is 5.46. The molecule has 18 heavy (non-hydrogen) atoms. The Morgan fingerprint density at radius 2 is 2.22 bits per heavy atom. The van der Waals surface area contributed by atoms with Crippen LogP contribution < -0.4 is 5.32 Å². The maximum atomic E-state index is 13.0. The van der Waals surface area contributed by atoms with Gasteiger partial charge in [-0.05, 0) is 12.1 Å². The fourth-order valence-corrected chi connectivity index (χ4v) is 2.19. The molecule has 0 saturated heterocycles. The smallest absolute Gasteiger partial charge is 0.410 e. The van der Waals surface area contributed by atoms with E-state index in [1.165, 1.54) is 18.5 Å². The Morgan fingerprint density at radius 1 is 1.39 bits per heavy atom. The van der Waals surface area contributed by atoms with E-state index in [2.05, 4.69) is 10.4 Å². The molecular weight excluding hydrogens is 247 g/mol. The molecule has 3 rings (SSSR count). The number of aromatic nitrogens is 2. The van der Waals surface area contributed by atoms with Crippen molar-refractivity contribution in [2.75, 3.05) is 5.32 Å². The predicted octanol–water partition coefficient (Wildman–Crippen LogP) is 3.14. The van der Waals surface area contributed by atoms with Crippen LogP contribution >= 0.6 is 0 Å². The number of nitrogens with one attached hydrogen (secondary N) is 1. The maximum Gasteiger partial charge on any atom is 0.410 e. The molecule has 96 valence electrons. The average molecular weight is 257 g/mol. The molecule has 0 spiro atoms. The third-order valence-corrected chi connectivity index (χ3v) is 3.01. The minimum atomic E-state index is -4.33. The second-order valence-electron chi connectivity index (χ2n) is 4.17. The lowest BCUT2D eigenvalue weighted by atomic mass is 10.0. The number of anilines is 1. The zero-order valence-corrected chi connectivity index (χ0v) is 9.19. The van der Waals surface area contributed by atoms with Crippen LogP contribution in [0.3, 0.4) is 0 Å². The second kappa shape index (κ2) is 3.79. The number of halogens is 3. The molecule has 0 bridgehead atoms. The number of nitrogens with zero attached hydrogens (tertiary/aromatic N) is 2. The van der Waals surface area contributed by atoms with E-state index in [-0.39, 0.29) is 6.42 Å². The third kappa shape index (κ3) is 1.75. The number of fused-ring (bicyclic) bond motifs is 1. The van der Waals surface area contributed by atoms with Gasteiger partial charge in [-0.25, -0.2) is 4.68 Å². The first-order chi connectivity index (χ1) is 8.55. The summed E-state index contributed by atoms with van der Waals surface area (Å²) in [4.78, 5) is 0. The van der Waals surface area contributed by atoms with Crippen LogP contribution in [-0.2, 0) is 0 Å². The van der Waals surface area contributed by atoms with E-state index in [4.69, 9.17) is 4.42 Å². The minimum absolute atomic E-state index is 0.133. The van der Waals surface area contributed by atoms with Crippen LogP contribution in [0.1, 0.15) is 24.3 Å². The van der Waals surface area contributed by atoms with Crippen molar-refractivity contribution in [1.82, 2.24) is 9.78 Å². The normalized spacial score (nSPS) is 23.5. The van der Waals surface area contributed by atoms with Crippen molar-refractivity contribution in [2.45, 2.75) is 24.7 Å². The van der Waals surface area contributed by atoms with Crippen molar-refractivity contribution >= 4 is 5.82 Å². The number of hydrogen-bond donors (Lipinski definition) is 1. The summed E-state index contributed by atoms with van der Waals surface area (Å²) in [7, 11) is 0. The van der Waals surface area contributed by atoms with Gasteiger partial charge in [-0.1, -0.05) is 0 Å². The van der Waals surface area contributed by atoms with Gasteiger partial charge in [0.2, 0.25) is 0 Å². The monoisotopic (exact) mass is 257 g/mol. The van der Waals surface area contributed by atoms with Gasteiger partial charge in [0, 0.05) is 12.5 Å². The van der Waals surface area contributed by atoms with Crippen molar-refractivity contribution in [3.8, 4) is 0 Å². The van der Waals surface area contributed by atoms with Crippen LogP contribution in [0.5, 0.6) is 0 Å². The highest BCUT2D eigenvalue weighted by Gasteiger charge is 2.46. The standard InChI is InChI=1S/C11H10F3N3O/c12-11(13,14)9-6-7(8-2-1-5-18-8)16-10-3-4-15-17(9)10/h1-5,7,9,16H,6H2/t7-,9+/m1/s1. The van der Waals surface area contributed by atoms with Crippen molar-refractivity contribution in [1.29, 1.82) is 0 Å². The van der Waals surface area contributed by atoms with E-state index in [0.717, 1.165) is 4.68 Å². The molecule has 1 aliphatic rings. The topological polar surface area (TPSA) is 43.0 Å². The molecule has 4 nitrogen and oxygen atoms in total. The van der Waals surface area contributed by atoms with Crippen molar-refractivity contribution in [2.24, 2.45) is 0 Å². The molecule has 0 unspecified atom stereocenters. The third-order valence-electron chi connectivity index (χ3n) is 3.01. The summed E-state index contributed by atoms with van der Waals surface area (Å²) in [5.74, 6) is 0.849. The lowest BCUT2D eigenvalue weighted by Crippen LogP contribution is -2.35. The molecule has 2 atom stereocenters. The van der Waals surface area contributed by atoms with Crippen LogP contribution in [0.2, 0.25) is 0 Å². The summed E-state index contributed by atoms with van der Waals surface area (Å²) in [5.41, 5.74) is 0. The Kier molecular flexibility index (Phi) is 2.36. The summed E-state index contributed by atoms with van der Waals surface area (Å²) in [6.07, 6.45) is -1.66. The van der Waals surface area contributed by atoms with E-state index < -0.39 is 18.3 Å². The van der Waals surface area contributed by atoms with Crippen LogP contribution in [0, 0.1) is 0 Å². The number of hydrogen-bond acceptors (Lipinski definition) is 3. The lowest BCUT2D eigenvalue weighted by molar-refractivity contribution is -0.174. The zero-order chi connectivity index (χ0) is 12.8. The Bertz CT molecular complexity index is 532. The van der Waals surface area contributed by atoms with Gasteiger partial charge < -0.3 is 9.73 Å². The van der Waals surface area contributed by atoms with Crippen molar-refractivity contribution in [3.63, 3.8) is 0 Å². The Balaban J connectivity index is 1.97. The van der Waals surface area contributed by atoms with E-state index in [0.29, 0.717) is 11.6 Å². The van der Waals surface area contributed by atoms with Gasteiger partial charge >= 0.3 is 6.18 Å². The molecule has 7 heteroatoms. The number of furan rings is 1. The van der Waals surface area contributed by atoms with Crippen LogP contribution in [0.4, 0.5) is 19.0 Å². The molecule has 1 aliphatic heterocycles. The van der Waals surface area contributed by atoms with E-state index in [9.17, 15) is 13.2 Å².